The molecular weight excluding hydrogens is 270 g/mol. The lowest BCUT2D eigenvalue weighted by Crippen LogP contribution is -2.33. The molecule has 1 aliphatic heterocycles. The Morgan fingerprint density at radius 3 is 3.00 bits per heavy atom. The second kappa shape index (κ2) is 4.97. The highest BCUT2D eigenvalue weighted by Gasteiger charge is 2.22. The van der Waals surface area contributed by atoms with Crippen molar-refractivity contribution in [3.8, 4) is 0 Å². The zero-order valence-corrected chi connectivity index (χ0v) is 10.5. The summed E-state index contributed by atoms with van der Waals surface area (Å²) in [5, 5.41) is 8.93. The lowest BCUT2D eigenvalue weighted by atomic mass is 10.0. The maximum absolute atomic E-state index is 12.2. The molecule has 0 radical (unpaired) electrons. The second-order valence-electron chi connectivity index (χ2n) is 3.89. The van der Waals surface area contributed by atoms with E-state index in [1.165, 1.54) is 0 Å². The summed E-state index contributed by atoms with van der Waals surface area (Å²) < 4.78 is 1.00. The summed E-state index contributed by atoms with van der Waals surface area (Å²) in [5.74, 6) is 0.0304. The Bertz CT molecular complexity index is 406. The lowest BCUT2D eigenvalue weighted by molar-refractivity contribution is 0.0727. The minimum atomic E-state index is 0.0229. The highest BCUT2D eigenvalue weighted by molar-refractivity contribution is 9.10. The second-order valence-corrected chi connectivity index (χ2v) is 4.74. The number of nitrogens with zero attached hydrogens (tertiary/aromatic N) is 1. The Balaban J connectivity index is 2.37. The van der Waals surface area contributed by atoms with Crippen LogP contribution in [0, 0.1) is 0 Å². The summed E-state index contributed by atoms with van der Waals surface area (Å²) in [6, 6.07) is 5.70. The number of hydrogen-bond acceptors (Lipinski definition) is 2. The fourth-order valence-electron chi connectivity index (χ4n) is 2.07. The van der Waals surface area contributed by atoms with E-state index in [4.69, 9.17) is 5.11 Å². The van der Waals surface area contributed by atoms with Crippen LogP contribution < -0.4 is 0 Å². The van der Waals surface area contributed by atoms with Crippen LogP contribution in [0.25, 0.3) is 0 Å². The van der Waals surface area contributed by atoms with E-state index >= 15 is 0 Å². The van der Waals surface area contributed by atoms with Gasteiger partial charge >= 0.3 is 0 Å². The van der Waals surface area contributed by atoms with Crippen molar-refractivity contribution in [2.45, 2.75) is 12.8 Å². The summed E-state index contributed by atoms with van der Waals surface area (Å²) >= 11 is 3.48. The van der Waals surface area contributed by atoms with Crippen molar-refractivity contribution in [1.82, 2.24) is 4.90 Å². The highest BCUT2D eigenvalue weighted by atomic mass is 79.9. The normalized spacial score (nSPS) is 15.9. The first-order valence-corrected chi connectivity index (χ1v) is 6.21. The number of benzene rings is 1. The third-order valence-electron chi connectivity index (χ3n) is 2.86. The van der Waals surface area contributed by atoms with Crippen LogP contribution in [0.5, 0.6) is 0 Å². The van der Waals surface area contributed by atoms with Crippen LogP contribution in [0.1, 0.15) is 22.3 Å². The zero-order valence-electron chi connectivity index (χ0n) is 8.95. The van der Waals surface area contributed by atoms with Crippen LogP contribution in [-0.4, -0.2) is 35.6 Å². The molecule has 1 aromatic carbocycles. The van der Waals surface area contributed by atoms with Gasteiger partial charge in [0.25, 0.3) is 5.91 Å². The predicted molar refractivity (Wildman–Crippen MR) is 65.5 cm³/mol. The molecule has 1 heterocycles. The molecule has 0 fully saturated rings. The van der Waals surface area contributed by atoms with E-state index in [-0.39, 0.29) is 12.5 Å². The van der Waals surface area contributed by atoms with Gasteiger partial charge in [-0.05, 0) is 30.5 Å². The maximum Gasteiger partial charge on any atom is 0.254 e. The minimum Gasteiger partial charge on any atom is -0.395 e. The summed E-state index contributed by atoms with van der Waals surface area (Å²) in [6.07, 6.45) is 1.85. The van der Waals surface area contributed by atoms with Crippen LogP contribution in [0.3, 0.4) is 0 Å². The molecule has 0 bridgehead atoms. The van der Waals surface area contributed by atoms with Crippen molar-refractivity contribution in [3.05, 3.63) is 33.8 Å². The van der Waals surface area contributed by atoms with E-state index in [0.717, 1.165) is 35.0 Å². The molecule has 4 heteroatoms. The first-order valence-electron chi connectivity index (χ1n) is 5.41. The molecular formula is C12H14BrNO2. The summed E-state index contributed by atoms with van der Waals surface area (Å²) in [7, 11) is 0. The van der Waals surface area contributed by atoms with Crippen molar-refractivity contribution < 1.29 is 9.90 Å². The van der Waals surface area contributed by atoms with E-state index < -0.39 is 0 Å². The molecule has 0 aliphatic carbocycles. The van der Waals surface area contributed by atoms with Crippen LogP contribution in [0.15, 0.2) is 22.7 Å². The molecule has 0 saturated carbocycles. The summed E-state index contributed by atoms with van der Waals surface area (Å²) in [5.41, 5.74) is 1.85. The van der Waals surface area contributed by atoms with Crippen molar-refractivity contribution in [1.29, 1.82) is 0 Å². The highest BCUT2D eigenvalue weighted by Crippen LogP contribution is 2.25. The molecule has 86 valence electrons. The molecule has 0 aromatic heterocycles. The molecule has 1 aromatic rings. The third kappa shape index (κ3) is 2.13. The SMILES string of the molecule is O=C1c2cccc(Br)c2CCCN1CCO. The largest absolute Gasteiger partial charge is 0.395 e. The monoisotopic (exact) mass is 283 g/mol. The number of aliphatic hydroxyl groups is 1. The number of aliphatic hydroxyl groups excluding tert-OH is 1. The average Bonchev–Trinajstić information content (AvgIpc) is 2.43. The number of hydrogen-bond donors (Lipinski definition) is 1. The molecule has 0 unspecified atom stereocenters. The minimum absolute atomic E-state index is 0.0229. The summed E-state index contributed by atoms with van der Waals surface area (Å²) in [4.78, 5) is 13.9. The first-order chi connectivity index (χ1) is 7.74. The van der Waals surface area contributed by atoms with Crippen LogP contribution in [0.4, 0.5) is 0 Å². The van der Waals surface area contributed by atoms with Gasteiger partial charge in [0.05, 0.1) is 6.61 Å². The van der Waals surface area contributed by atoms with Crippen molar-refractivity contribution >= 4 is 21.8 Å². The number of fused-ring (bicyclic) bond motifs is 1. The van der Waals surface area contributed by atoms with Gasteiger partial charge in [-0.1, -0.05) is 22.0 Å². The van der Waals surface area contributed by atoms with Gasteiger partial charge in [0.2, 0.25) is 0 Å². The van der Waals surface area contributed by atoms with Gasteiger partial charge in [-0.3, -0.25) is 4.79 Å². The predicted octanol–water partition coefficient (Wildman–Crippen LogP) is 1.83. The van der Waals surface area contributed by atoms with Gasteiger partial charge in [-0.2, -0.15) is 0 Å². The lowest BCUT2D eigenvalue weighted by Gasteiger charge is -2.19. The average molecular weight is 284 g/mol. The van der Waals surface area contributed by atoms with Crippen molar-refractivity contribution in [2.75, 3.05) is 19.7 Å². The maximum atomic E-state index is 12.2. The fraction of sp³-hybridized carbons (Fsp3) is 0.417. The van der Waals surface area contributed by atoms with Gasteiger partial charge in [-0.15, -0.1) is 0 Å². The summed E-state index contributed by atoms with van der Waals surface area (Å²) in [6.45, 7) is 1.17. The van der Waals surface area contributed by atoms with E-state index in [1.54, 1.807) is 4.90 Å². The van der Waals surface area contributed by atoms with Gasteiger partial charge in [0.15, 0.2) is 0 Å². The van der Waals surface area contributed by atoms with Gasteiger partial charge in [0, 0.05) is 23.1 Å². The Morgan fingerprint density at radius 1 is 1.44 bits per heavy atom. The Labute approximate surface area is 103 Å². The first kappa shape index (κ1) is 11.6. The number of rotatable bonds is 2. The molecule has 1 amide bonds. The molecule has 16 heavy (non-hydrogen) atoms. The molecule has 0 saturated heterocycles. The molecule has 3 nitrogen and oxygen atoms in total. The molecule has 0 atom stereocenters. The van der Waals surface area contributed by atoms with E-state index in [0.29, 0.717) is 6.54 Å². The van der Waals surface area contributed by atoms with Crippen LogP contribution in [-0.2, 0) is 6.42 Å². The molecule has 1 N–H and O–H groups in total. The quantitative estimate of drug-likeness (QED) is 0.900. The van der Waals surface area contributed by atoms with Gasteiger partial charge in [0.1, 0.15) is 0 Å². The van der Waals surface area contributed by atoms with E-state index in [2.05, 4.69) is 15.9 Å². The smallest absolute Gasteiger partial charge is 0.254 e. The van der Waals surface area contributed by atoms with Crippen LogP contribution >= 0.6 is 15.9 Å². The number of halogens is 1. The number of amides is 1. The van der Waals surface area contributed by atoms with E-state index in [9.17, 15) is 4.79 Å². The van der Waals surface area contributed by atoms with Gasteiger partial charge < -0.3 is 10.0 Å². The topological polar surface area (TPSA) is 40.5 Å². The van der Waals surface area contributed by atoms with Gasteiger partial charge in [-0.25, -0.2) is 0 Å². The molecule has 1 aliphatic rings. The number of carbonyl (C=O) groups excluding carboxylic acids is 1. The Kier molecular flexibility index (Phi) is 3.61. The van der Waals surface area contributed by atoms with E-state index in [1.807, 2.05) is 18.2 Å². The van der Waals surface area contributed by atoms with Crippen molar-refractivity contribution in [3.63, 3.8) is 0 Å². The van der Waals surface area contributed by atoms with Crippen molar-refractivity contribution in [2.24, 2.45) is 0 Å². The molecule has 0 spiro atoms. The number of carbonyl (C=O) groups is 1. The standard InChI is InChI=1S/C12H14BrNO2/c13-11-5-1-3-10-9(11)4-2-6-14(7-8-15)12(10)16/h1,3,5,15H,2,4,6-8H2. The third-order valence-corrected chi connectivity index (χ3v) is 3.60. The molecule has 2 rings (SSSR count). The Hall–Kier alpha value is -0.870. The number of β-amino-alcohol motifs (C(OH)–C–C–N with tert-alkyl or cyclic N) is 1. The van der Waals surface area contributed by atoms with Crippen LogP contribution in [0.2, 0.25) is 0 Å². The zero-order chi connectivity index (χ0) is 11.5. The fourth-order valence-corrected chi connectivity index (χ4v) is 2.63. The Morgan fingerprint density at radius 2 is 2.25 bits per heavy atom.